The first kappa shape index (κ1) is 25.6. The first-order chi connectivity index (χ1) is 16.8. The number of nitrogens with zero attached hydrogens (tertiary/aromatic N) is 3. The van der Waals surface area contributed by atoms with Crippen molar-refractivity contribution in [1.82, 2.24) is 14.6 Å². The van der Waals surface area contributed by atoms with Crippen molar-refractivity contribution in [2.75, 3.05) is 0 Å². The molecule has 0 aliphatic rings. The van der Waals surface area contributed by atoms with Crippen LogP contribution in [0.25, 0.3) is 0 Å². The van der Waals surface area contributed by atoms with Crippen molar-refractivity contribution in [3.05, 3.63) is 89.0 Å². The third-order valence-electron chi connectivity index (χ3n) is 5.64. The number of unbranched alkanes of at least 4 members (excludes halogenated alkanes) is 1. The van der Waals surface area contributed by atoms with Gasteiger partial charge in [-0.15, -0.1) is 0 Å². The van der Waals surface area contributed by atoms with Gasteiger partial charge in [-0.25, -0.2) is 14.8 Å². The van der Waals surface area contributed by atoms with Gasteiger partial charge in [0.2, 0.25) is 5.91 Å². The van der Waals surface area contributed by atoms with Crippen molar-refractivity contribution in [2.24, 2.45) is 5.73 Å². The molecule has 35 heavy (non-hydrogen) atoms. The molecule has 0 aliphatic heterocycles. The Kier molecular flexibility index (Phi) is 8.74. The Balaban J connectivity index is 1.76. The van der Waals surface area contributed by atoms with E-state index in [1.54, 1.807) is 28.8 Å². The molecule has 3 rings (SSSR count). The molecule has 0 spiro atoms. The zero-order valence-corrected chi connectivity index (χ0v) is 19.9. The van der Waals surface area contributed by atoms with Gasteiger partial charge < -0.3 is 15.0 Å². The van der Waals surface area contributed by atoms with E-state index in [0.717, 1.165) is 24.0 Å². The van der Waals surface area contributed by atoms with Crippen molar-refractivity contribution in [3.8, 4) is 0 Å². The Morgan fingerprint density at radius 3 is 2.40 bits per heavy atom. The number of hydroxylamine groups is 2. The summed E-state index contributed by atoms with van der Waals surface area (Å²) in [6.07, 6.45) is 3.85. The van der Waals surface area contributed by atoms with Crippen LogP contribution in [0.4, 0.5) is 0 Å². The highest BCUT2D eigenvalue weighted by Crippen LogP contribution is 2.16. The van der Waals surface area contributed by atoms with Crippen LogP contribution in [-0.4, -0.2) is 43.6 Å². The number of primary amides is 1. The number of esters is 1. The molecule has 2 aromatic carbocycles. The molecular weight excluding hydrogens is 448 g/mol. The summed E-state index contributed by atoms with van der Waals surface area (Å²) in [6.45, 7) is 3.87. The molecule has 2 amide bonds. The number of rotatable bonds is 11. The van der Waals surface area contributed by atoms with Crippen LogP contribution in [0, 0.1) is 0 Å². The fourth-order valence-corrected chi connectivity index (χ4v) is 3.44. The summed E-state index contributed by atoms with van der Waals surface area (Å²) in [5.74, 6) is -1.35. The molecule has 9 heteroatoms. The predicted molar refractivity (Wildman–Crippen MR) is 129 cm³/mol. The molecule has 9 nitrogen and oxygen atoms in total. The maximum absolute atomic E-state index is 12.9. The van der Waals surface area contributed by atoms with Gasteiger partial charge in [0.25, 0.3) is 5.91 Å². The van der Waals surface area contributed by atoms with Gasteiger partial charge in [0.1, 0.15) is 24.2 Å². The van der Waals surface area contributed by atoms with E-state index in [1.165, 1.54) is 13.1 Å². The number of benzene rings is 2. The molecule has 0 aliphatic carbocycles. The van der Waals surface area contributed by atoms with Crippen molar-refractivity contribution < 1.29 is 24.3 Å². The highest BCUT2D eigenvalue weighted by Gasteiger charge is 2.27. The summed E-state index contributed by atoms with van der Waals surface area (Å²) in [5.41, 5.74) is 7.50. The standard InChI is InChI=1S/C26H30N4O5/c1-3-4-10-23-28-15-22(25(32)30(34)18(2)24(27)31)29(23)16-19-11-13-21(14-12-19)26(33)35-17-20-8-6-5-7-9-20/h5-9,11-15,18,34H,3-4,10,16-17H2,1-2H3,(H2,27,31). The first-order valence-corrected chi connectivity index (χ1v) is 11.5. The lowest BCUT2D eigenvalue weighted by atomic mass is 10.1. The van der Waals surface area contributed by atoms with E-state index in [-0.39, 0.29) is 18.8 Å². The molecule has 0 saturated carbocycles. The van der Waals surface area contributed by atoms with Crippen LogP contribution < -0.4 is 5.73 Å². The summed E-state index contributed by atoms with van der Waals surface area (Å²) >= 11 is 0. The summed E-state index contributed by atoms with van der Waals surface area (Å²) in [6, 6.07) is 15.1. The van der Waals surface area contributed by atoms with Gasteiger partial charge in [0.15, 0.2) is 0 Å². The van der Waals surface area contributed by atoms with Crippen LogP contribution in [0.1, 0.15) is 64.5 Å². The molecule has 0 bridgehead atoms. The minimum absolute atomic E-state index is 0.137. The quantitative estimate of drug-likeness (QED) is 0.247. The molecular formula is C26H30N4O5. The van der Waals surface area contributed by atoms with Crippen LogP contribution in [0.2, 0.25) is 0 Å². The average Bonchev–Trinajstić information content (AvgIpc) is 3.27. The average molecular weight is 479 g/mol. The molecule has 1 heterocycles. The van der Waals surface area contributed by atoms with E-state index < -0.39 is 23.8 Å². The smallest absolute Gasteiger partial charge is 0.338 e. The number of hydrogen-bond donors (Lipinski definition) is 2. The van der Waals surface area contributed by atoms with Crippen molar-refractivity contribution >= 4 is 17.8 Å². The normalized spacial score (nSPS) is 11.6. The van der Waals surface area contributed by atoms with E-state index in [2.05, 4.69) is 11.9 Å². The summed E-state index contributed by atoms with van der Waals surface area (Å²) < 4.78 is 7.08. The van der Waals surface area contributed by atoms with Gasteiger partial charge >= 0.3 is 5.97 Å². The number of nitrogens with two attached hydrogens (primary N) is 1. The topological polar surface area (TPSA) is 128 Å². The number of ether oxygens (including phenoxy) is 1. The zero-order chi connectivity index (χ0) is 25.4. The van der Waals surface area contributed by atoms with Gasteiger partial charge in [-0.2, -0.15) is 0 Å². The number of carbonyl (C=O) groups is 3. The Morgan fingerprint density at radius 1 is 1.09 bits per heavy atom. The second-order valence-electron chi connectivity index (χ2n) is 8.24. The van der Waals surface area contributed by atoms with Crippen molar-refractivity contribution in [1.29, 1.82) is 0 Å². The molecule has 184 valence electrons. The van der Waals surface area contributed by atoms with Crippen LogP contribution in [-0.2, 0) is 29.1 Å². The Morgan fingerprint density at radius 2 is 1.77 bits per heavy atom. The SMILES string of the molecule is CCCCc1ncc(C(=O)N(O)C(C)C(N)=O)n1Cc1ccc(C(=O)OCc2ccccc2)cc1. The second kappa shape index (κ2) is 11.9. The molecule has 3 aromatic rings. The maximum atomic E-state index is 12.9. The van der Waals surface area contributed by atoms with Gasteiger partial charge in [-0.1, -0.05) is 55.8 Å². The van der Waals surface area contributed by atoms with E-state index in [1.807, 2.05) is 30.3 Å². The largest absolute Gasteiger partial charge is 0.457 e. The first-order valence-electron chi connectivity index (χ1n) is 11.5. The van der Waals surface area contributed by atoms with Crippen molar-refractivity contribution in [2.45, 2.75) is 52.3 Å². The lowest BCUT2D eigenvalue weighted by Gasteiger charge is -2.21. The Labute approximate surface area is 204 Å². The van der Waals surface area contributed by atoms with E-state index in [4.69, 9.17) is 10.5 Å². The lowest BCUT2D eigenvalue weighted by Crippen LogP contribution is -2.44. The van der Waals surface area contributed by atoms with Gasteiger partial charge in [0.05, 0.1) is 11.8 Å². The second-order valence-corrected chi connectivity index (χ2v) is 8.24. The minimum Gasteiger partial charge on any atom is -0.457 e. The van der Waals surface area contributed by atoms with E-state index in [9.17, 15) is 19.6 Å². The number of aromatic nitrogens is 2. The highest BCUT2D eigenvalue weighted by atomic mass is 16.5. The van der Waals surface area contributed by atoms with Crippen LogP contribution in [0.15, 0.2) is 60.8 Å². The number of hydrogen-bond acceptors (Lipinski definition) is 6. The number of carbonyl (C=O) groups excluding carboxylic acids is 3. The fourth-order valence-electron chi connectivity index (χ4n) is 3.44. The third kappa shape index (κ3) is 6.54. The van der Waals surface area contributed by atoms with Crippen LogP contribution >= 0.6 is 0 Å². The summed E-state index contributed by atoms with van der Waals surface area (Å²) in [5, 5.41) is 10.5. The summed E-state index contributed by atoms with van der Waals surface area (Å²) in [4.78, 5) is 41.1. The number of aryl methyl sites for hydroxylation is 1. The molecule has 1 unspecified atom stereocenters. The van der Waals surface area contributed by atoms with Crippen LogP contribution in [0.3, 0.4) is 0 Å². The van der Waals surface area contributed by atoms with Gasteiger partial charge in [-0.3, -0.25) is 14.8 Å². The zero-order valence-electron chi connectivity index (χ0n) is 19.9. The predicted octanol–water partition coefficient (Wildman–Crippen LogP) is 3.34. The molecule has 0 saturated heterocycles. The van der Waals surface area contributed by atoms with E-state index in [0.29, 0.717) is 22.9 Å². The van der Waals surface area contributed by atoms with Gasteiger partial charge in [-0.05, 0) is 36.6 Å². The molecule has 1 aromatic heterocycles. The fraction of sp³-hybridized carbons (Fsp3) is 0.308. The Bertz CT molecular complexity index is 1160. The van der Waals surface area contributed by atoms with Crippen molar-refractivity contribution in [3.63, 3.8) is 0 Å². The highest BCUT2D eigenvalue weighted by molar-refractivity contribution is 5.95. The maximum Gasteiger partial charge on any atom is 0.338 e. The third-order valence-corrected chi connectivity index (χ3v) is 5.64. The van der Waals surface area contributed by atoms with Gasteiger partial charge in [0, 0.05) is 13.0 Å². The van der Waals surface area contributed by atoms with Crippen LogP contribution in [0.5, 0.6) is 0 Å². The number of imidazole rings is 1. The lowest BCUT2D eigenvalue weighted by molar-refractivity contribution is -0.136. The number of amides is 2. The molecule has 0 radical (unpaired) electrons. The molecule has 3 N–H and O–H groups in total. The minimum atomic E-state index is -1.19. The van der Waals surface area contributed by atoms with E-state index >= 15 is 0 Å². The molecule has 1 atom stereocenters. The molecule has 0 fully saturated rings. The Hall–Kier alpha value is -3.98. The monoisotopic (exact) mass is 478 g/mol. The summed E-state index contributed by atoms with van der Waals surface area (Å²) in [7, 11) is 0.